The highest BCUT2D eigenvalue weighted by Crippen LogP contribution is 2.17. The van der Waals surface area contributed by atoms with Gasteiger partial charge in [0.15, 0.2) is 5.65 Å². The number of rotatable bonds is 6. The van der Waals surface area contributed by atoms with Crippen LogP contribution in [-0.2, 0) is 6.54 Å². The monoisotopic (exact) mass is 431 g/mol. The van der Waals surface area contributed by atoms with Gasteiger partial charge in [-0.15, -0.1) is 0 Å². The van der Waals surface area contributed by atoms with E-state index >= 15 is 0 Å². The average molecular weight is 431 g/mol. The maximum atomic E-state index is 13.0. The number of fused-ring (bicyclic) bond motifs is 1. The highest BCUT2D eigenvalue weighted by atomic mass is 19.1. The summed E-state index contributed by atoms with van der Waals surface area (Å²) < 4.78 is 14.8. The predicted molar refractivity (Wildman–Crippen MR) is 120 cm³/mol. The Morgan fingerprint density at radius 3 is 2.53 bits per heavy atom. The Labute approximate surface area is 184 Å². The first kappa shape index (κ1) is 21.2. The van der Waals surface area contributed by atoms with Crippen molar-refractivity contribution in [1.29, 1.82) is 0 Å². The molecule has 0 aliphatic heterocycles. The number of benzene rings is 2. The van der Waals surface area contributed by atoms with Gasteiger partial charge in [0.2, 0.25) is 0 Å². The van der Waals surface area contributed by atoms with Gasteiger partial charge in [0, 0.05) is 35.4 Å². The maximum Gasteiger partial charge on any atom is 0.255 e. The Bertz CT molecular complexity index is 1280. The van der Waals surface area contributed by atoms with E-state index in [1.807, 2.05) is 24.6 Å². The number of carbonyl (C=O) groups excluding carboxylic acids is 2. The Kier molecular flexibility index (Phi) is 5.93. The molecule has 2 aromatic carbocycles. The van der Waals surface area contributed by atoms with Crippen LogP contribution in [0.4, 0.5) is 10.1 Å². The molecule has 0 spiro atoms. The van der Waals surface area contributed by atoms with Gasteiger partial charge >= 0.3 is 0 Å². The van der Waals surface area contributed by atoms with E-state index in [0.717, 1.165) is 16.6 Å². The van der Waals surface area contributed by atoms with Crippen molar-refractivity contribution < 1.29 is 14.0 Å². The molecule has 7 nitrogen and oxygen atoms in total. The summed E-state index contributed by atoms with van der Waals surface area (Å²) in [4.78, 5) is 29.3. The minimum atomic E-state index is -0.401. The van der Waals surface area contributed by atoms with E-state index < -0.39 is 5.82 Å². The van der Waals surface area contributed by atoms with Crippen LogP contribution in [0.1, 0.15) is 46.2 Å². The van der Waals surface area contributed by atoms with Crippen molar-refractivity contribution in [3.63, 3.8) is 0 Å². The van der Waals surface area contributed by atoms with E-state index in [1.165, 1.54) is 30.5 Å². The van der Waals surface area contributed by atoms with Crippen LogP contribution < -0.4 is 10.6 Å². The summed E-state index contributed by atoms with van der Waals surface area (Å²) in [6, 6.07) is 14.4. The number of pyridine rings is 1. The molecule has 0 aliphatic carbocycles. The fraction of sp³-hybridized carbons (Fsp3) is 0.167. The molecule has 0 bridgehead atoms. The van der Waals surface area contributed by atoms with Gasteiger partial charge in [-0.1, -0.05) is 12.1 Å². The Balaban J connectivity index is 1.40. The summed E-state index contributed by atoms with van der Waals surface area (Å²) in [5.41, 5.74) is 2.93. The van der Waals surface area contributed by atoms with Gasteiger partial charge in [-0.25, -0.2) is 14.1 Å². The van der Waals surface area contributed by atoms with E-state index in [9.17, 15) is 14.0 Å². The summed E-state index contributed by atoms with van der Waals surface area (Å²) in [5.74, 6) is -0.993. The molecule has 2 aromatic heterocycles. The number of hydrogen-bond acceptors (Lipinski definition) is 4. The molecule has 0 saturated carbocycles. The number of carbonyl (C=O) groups is 2. The molecule has 4 rings (SSSR count). The van der Waals surface area contributed by atoms with Crippen molar-refractivity contribution in [2.24, 2.45) is 0 Å². The third-order valence-electron chi connectivity index (χ3n) is 4.93. The Morgan fingerprint density at radius 1 is 1.00 bits per heavy atom. The molecule has 2 amide bonds. The second kappa shape index (κ2) is 8.97. The molecular formula is C24H22FN5O2. The first-order valence-electron chi connectivity index (χ1n) is 10.2. The summed E-state index contributed by atoms with van der Waals surface area (Å²) in [7, 11) is 0. The number of halogens is 1. The summed E-state index contributed by atoms with van der Waals surface area (Å²) in [5, 5.41) is 10.8. The average Bonchev–Trinajstić information content (AvgIpc) is 3.22. The number of amides is 2. The van der Waals surface area contributed by atoms with E-state index in [1.54, 1.807) is 30.5 Å². The van der Waals surface area contributed by atoms with Gasteiger partial charge in [-0.05, 0) is 61.9 Å². The van der Waals surface area contributed by atoms with E-state index in [-0.39, 0.29) is 24.4 Å². The first-order chi connectivity index (χ1) is 15.4. The second-order valence-electron chi connectivity index (χ2n) is 7.66. The van der Waals surface area contributed by atoms with Crippen LogP contribution in [0.25, 0.3) is 11.0 Å². The van der Waals surface area contributed by atoms with Crippen LogP contribution >= 0.6 is 0 Å². The van der Waals surface area contributed by atoms with E-state index in [4.69, 9.17) is 0 Å². The molecule has 0 unspecified atom stereocenters. The zero-order valence-corrected chi connectivity index (χ0v) is 17.7. The molecule has 0 atom stereocenters. The molecule has 8 heteroatoms. The van der Waals surface area contributed by atoms with Gasteiger partial charge in [-0.3, -0.25) is 9.59 Å². The zero-order chi connectivity index (χ0) is 22.7. The lowest BCUT2D eigenvalue weighted by molar-refractivity contribution is 0.0949. The normalized spacial score (nSPS) is 11.0. The number of aromatic nitrogens is 3. The molecule has 0 radical (unpaired) electrons. The summed E-state index contributed by atoms with van der Waals surface area (Å²) in [6.07, 6.45) is 3.24. The van der Waals surface area contributed by atoms with Crippen LogP contribution in [0, 0.1) is 5.82 Å². The van der Waals surface area contributed by atoms with Crippen LogP contribution in [0.2, 0.25) is 0 Å². The van der Waals surface area contributed by atoms with E-state index in [2.05, 4.69) is 20.7 Å². The fourth-order valence-electron chi connectivity index (χ4n) is 3.29. The SMILES string of the molecule is CC(C)n1ncc2cc(C(=O)NCc3cccc(NC(=O)c4ccc(F)cc4)c3)cnc21. The minimum Gasteiger partial charge on any atom is -0.348 e. The van der Waals surface area contributed by atoms with Crippen molar-refractivity contribution in [2.45, 2.75) is 26.4 Å². The lowest BCUT2D eigenvalue weighted by atomic mass is 10.1. The zero-order valence-electron chi connectivity index (χ0n) is 17.7. The molecular weight excluding hydrogens is 409 g/mol. The Hall–Kier alpha value is -4.07. The first-order valence-corrected chi connectivity index (χ1v) is 10.2. The van der Waals surface area contributed by atoms with Gasteiger partial charge < -0.3 is 10.6 Å². The third kappa shape index (κ3) is 4.64. The topological polar surface area (TPSA) is 88.9 Å². The van der Waals surface area contributed by atoms with Crippen molar-refractivity contribution in [3.8, 4) is 0 Å². The van der Waals surface area contributed by atoms with Crippen LogP contribution in [0.15, 0.2) is 67.0 Å². The summed E-state index contributed by atoms with van der Waals surface area (Å²) in [6.45, 7) is 4.32. The molecule has 2 N–H and O–H groups in total. The molecule has 4 aromatic rings. The predicted octanol–water partition coefficient (Wildman–Crippen LogP) is 4.33. The number of nitrogens with zero attached hydrogens (tertiary/aromatic N) is 3. The summed E-state index contributed by atoms with van der Waals surface area (Å²) >= 11 is 0. The second-order valence-corrected chi connectivity index (χ2v) is 7.66. The molecule has 32 heavy (non-hydrogen) atoms. The lowest BCUT2D eigenvalue weighted by Crippen LogP contribution is -2.23. The maximum absolute atomic E-state index is 13.0. The van der Waals surface area contributed by atoms with E-state index in [0.29, 0.717) is 16.8 Å². The standard InChI is InChI=1S/C24H22FN5O2/c1-15(2)30-22-18(14-28-30)11-19(13-26-22)23(31)27-12-16-4-3-5-21(10-16)29-24(32)17-6-8-20(25)9-7-17/h3-11,13-15H,12H2,1-2H3,(H,27,31)(H,29,32). The highest BCUT2D eigenvalue weighted by Gasteiger charge is 2.12. The van der Waals surface area contributed by atoms with Gasteiger partial charge in [-0.2, -0.15) is 5.10 Å². The van der Waals surface area contributed by atoms with Crippen LogP contribution in [-0.4, -0.2) is 26.6 Å². The molecule has 162 valence electrons. The van der Waals surface area contributed by atoms with Gasteiger partial charge in [0.1, 0.15) is 5.82 Å². The van der Waals surface area contributed by atoms with Crippen molar-refractivity contribution in [1.82, 2.24) is 20.1 Å². The van der Waals surface area contributed by atoms with Crippen LogP contribution in [0.3, 0.4) is 0 Å². The largest absolute Gasteiger partial charge is 0.348 e. The Morgan fingerprint density at radius 2 is 1.78 bits per heavy atom. The minimum absolute atomic E-state index is 0.176. The molecule has 0 aliphatic rings. The van der Waals surface area contributed by atoms with Crippen molar-refractivity contribution >= 4 is 28.5 Å². The third-order valence-corrected chi connectivity index (χ3v) is 4.93. The highest BCUT2D eigenvalue weighted by molar-refractivity contribution is 6.04. The van der Waals surface area contributed by atoms with Crippen LogP contribution in [0.5, 0.6) is 0 Å². The van der Waals surface area contributed by atoms with Gasteiger partial charge in [0.05, 0.1) is 11.8 Å². The van der Waals surface area contributed by atoms with Crippen molar-refractivity contribution in [2.75, 3.05) is 5.32 Å². The number of anilines is 1. The molecule has 0 saturated heterocycles. The fourth-order valence-corrected chi connectivity index (χ4v) is 3.29. The van der Waals surface area contributed by atoms with Crippen molar-refractivity contribution in [3.05, 3.63) is 89.5 Å². The van der Waals surface area contributed by atoms with Gasteiger partial charge in [0.25, 0.3) is 11.8 Å². The quantitative estimate of drug-likeness (QED) is 0.476. The lowest BCUT2D eigenvalue weighted by Gasteiger charge is -2.09. The number of nitrogens with one attached hydrogen (secondary N) is 2. The molecule has 0 fully saturated rings. The molecule has 2 heterocycles. The number of hydrogen-bond donors (Lipinski definition) is 2. The smallest absolute Gasteiger partial charge is 0.255 e.